The molecule has 0 saturated carbocycles. The van der Waals surface area contributed by atoms with Gasteiger partial charge >= 0.3 is 0 Å². The van der Waals surface area contributed by atoms with E-state index in [0.717, 1.165) is 11.1 Å². The second kappa shape index (κ2) is 7.62. The molecule has 4 nitrogen and oxygen atoms in total. The van der Waals surface area contributed by atoms with Crippen LogP contribution in [0.25, 0.3) is 17.2 Å². The number of nitrogens with zero attached hydrogens (tertiary/aromatic N) is 2. The summed E-state index contributed by atoms with van der Waals surface area (Å²) in [5.41, 5.74) is 4.32. The van der Waals surface area contributed by atoms with Crippen LogP contribution in [-0.2, 0) is 11.8 Å². The van der Waals surface area contributed by atoms with Gasteiger partial charge in [-0.15, -0.1) is 0 Å². The van der Waals surface area contributed by atoms with Crippen LogP contribution in [0.5, 0.6) is 0 Å². The molecule has 126 valence electrons. The van der Waals surface area contributed by atoms with Crippen LogP contribution in [0.15, 0.2) is 73.1 Å². The fourth-order valence-electron chi connectivity index (χ4n) is 2.64. The first kappa shape index (κ1) is 16.7. The van der Waals surface area contributed by atoms with Crippen LogP contribution in [-0.4, -0.2) is 15.7 Å². The van der Waals surface area contributed by atoms with Crippen molar-refractivity contribution in [2.75, 3.05) is 0 Å². The van der Waals surface area contributed by atoms with Gasteiger partial charge in [0.2, 0.25) is 5.91 Å². The van der Waals surface area contributed by atoms with Crippen molar-refractivity contribution in [2.45, 2.75) is 13.0 Å². The summed E-state index contributed by atoms with van der Waals surface area (Å²) in [6, 6.07) is 18.5. The van der Waals surface area contributed by atoms with E-state index in [-0.39, 0.29) is 11.9 Å². The fourth-order valence-corrected chi connectivity index (χ4v) is 2.64. The summed E-state index contributed by atoms with van der Waals surface area (Å²) in [4.78, 5) is 12.1. The minimum Gasteiger partial charge on any atom is -0.346 e. The number of aryl methyl sites for hydroxylation is 1. The molecule has 0 radical (unpaired) electrons. The summed E-state index contributed by atoms with van der Waals surface area (Å²) >= 11 is 0. The maximum atomic E-state index is 12.1. The topological polar surface area (TPSA) is 46.9 Å². The largest absolute Gasteiger partial charge is 0.346 e. The number of hydrogen-bond donors (Lipinski definition) is 1. The van der Waals surface area contributed by atoms with Crippen LogP contribution in [0.4, 0.5) is 0 Å². The van der Waals surface area contributed by atoms with Crippen molar-refractivity contribution in [1.29, 1.82) is 0 Å². The van der Waals surface area contributed by atoms with E-state index in [2.05, 4.69) is 46.8 Å². The van der Waals surface area contributed by atoms with Crippen molar-refractivity contribution in [3.8, 4) is 11.1 Å². The van der Waals surface area contributed by atoms with Gasteiger partial charge in [-0.05, 0) is 29.7 Å². The van der Waals surface area contributed by atoms with Crippen LogP contribution in [0.3, 0.4) is 0 Å². The average molecular weight is 331 g/mol. The Morgan fingerprint density at radius 1 is 1.08 bits per heavy atom. The normalized spacial score (nSPS) is 12.2. The van der Waals surface area contributed by atoms with E-state index in [1.807, 2.05) is 38.4 Å². The quantitative estimate of drug-likeness (QED) is 0.719. The summed E-state index contributed by atoms with van der Waals surface area (Å²) in [7, 11) is 1.85. The minimum absolute atomic E-state index is 0.0594. The standard InChI is InChI=1S/C21H21N3O/c1-16(23-21(25)13-8-17-14-22-24(2)15-17)18-9-11-20(12-10-18)19-6-4-3-5-7-19/h3-16H,1-2H3,(H,23,25)/b13-8-/t16-/m1/s1. The molecule has 0 aliphatic heterocycles. The number of benzene rings is 2. The molecule has 0 saturated heterocycles. The highest BCUT2D eigenvalue weighted by atomic mass is 16.1. The third kappa shape index (κ3) is 4.44. The second-order valence-corrected chi connectivity index (χ2v) is 6.00. The fraction of sp³-hybridized carbons (Fsp3) is 0.143. The zero-order valence-electron chi connectivity index (χ0n) is 14.4. The molecule has 1 amide bonds. The van der Waals surface area contributed by atoms with E-state index in [0.29, 0.717) is 0 Å². The van der Waals surface area contributed by atoms with Gasteiger partial charge in [0.15, 0.2) is 0 Å². The van der Waals surface area contributed by atoms with Crippen molar-refractivity contribution in [3.63, 3.8) is 0 Å². The number of carbonyl (C=O) groups is 1. The third-order valence-corrected chi connectivity index (χ3v) is 4.03. The molecule has 1 N–H and O–H groups in total. The number of amides is 1. The summed E-state index contributed by atoms with van der Waals surface area (Å²) in [6.45, 7) is 1.98. The Kier molecular flexibility index (Phi) is 5.09. The van der Waals surface area contributed by atoms with E-state index in [1.54, 1.807) is 17.0 Å². The van der Waals surface area contributed by atoms with Crippen molar-refractivity contribution in [2.24, 2.45) is 7.05 Å². The van der Waals surface area contributed by atoms with Gasteiger partial charge in [0.1, 0.15) is 0 Å². The number of nitrogens with one attached hydrogen (secondary N) is 1. The first-order valence-electron chi connectivity index (χ1n) is 8.24. The smallest absolute Gasteiger partial charge is 0.244 e. The summed E-state index contributed by atoms with van der Waals surface area (Å²) in [6.07, 6.45) is 6.87. The zero-order chi connectivity index (χ0) is 17.6. The Morgan fingerprint density at radius 3 is 2.40 bits per heavy atom. The summed E-state index contributed by atoms with van der Waals surface area (Å²) in [5, 5.41) is 7.05. The molecule has 1 heterocycles. The van der Waals surface area contributed by atoms with Gasteiger partial charge < -0.3 is 5.32 Å². The molecule has 1 atom stereocenters. The lowest BCUT2D eigenvalue weighted by Gasteiger charge is -2.13. The molecule has 0 aliphatic carbocycles. The van der Waals surface area contributed by atoms with Gasteiger partial charge in [-0.2, -0.15) is 5.10 Å². The molecule has 0 aliphatic rings. The van der Waals surface area contributed by atoms with E-state index in [1.165, 1.54) is 17.2 Å². The van der Waals surface area contributed by atoms with E-state index < -0.39 is 0 Å². The van der Waals surface area contributed by atoms with E-state index in [9.17, 15) is 4.79 Å². The van der Waals surface area contributed by atoms with Gasteiger partial charge in [0.25, 0.3) is 0 Å². The van der Waals surface area contributed by atoms with Crippen LogP contribution in [0, 0.1) is 0 Å². The number of carbonyl (C=O) groups excluding carboxylic acids is 1. The molecule has 0 unspecified atom stereocenters. The lowest BCUT2D eigenvalue weighted by Crippen LogP contribution is -2.24. The van der Waals surface area contributed by atoms with E-state index >= 15 is 0 Å². The molecular formula is C21H21N3O. The van der Waals surface area contributed by atoms with Crippen LogP contribution in [0.2, 0.25) is 0 Å². The molecule has 1 aromatic heterocycles. The molecule has 0 fully saturated rings. The Balaban J connectivity index is 1.62. The Hall–Kier alpha value is -3.14. The molecule has 4 heteroatoms. The second-order valence-electron chi connectivity index (χ2n) is 6.00. The molecule has 0 spiro atoms. The number of hydrogen-bond acceptors (Lipinski definition) is 2. The first-order valence-corrected chi connectivity index (χ1v) is 8.24. The predicted octanol–water partition coefficient (Wildman–Crippen LogP) is 3.98. The molecule has 0 bridgehead atoms. The number of rotatable bonds is 5. The zero-order valence-corrected chi connectivity index (χ0v) is 14.4. The lowest BCUT2D eigenvalue weighted by atomic mass is 10.0. The minimum atomic E-state index is -0.122. The van der Waals surface area contributed by atoms with E-state index in [4.69, 9.17) is 0 Å². The molecule has 2 aromatic carbocycles. The summed E-state index contributed by atoms with van der Waals surface area (Å²) < 4.78 is 1.70. The maximum absolute atomic E-state index is 12.1. The first-order chi connectivity index (χ1) is 12.1. The van der Waals surface area contributed by atoms with Gasteiger partial charge in [0, 0.05) is 24.9 Å². The average Bonchev–Trinajstić information content (AvgIpc) is 3.06. The Morgan fingerprint density at radius 2 is 1.76 bits per heavy atom. The Labute approximate surface area is 147 Å². The summed E-state index contributed by atoms with van der Waals surface area (Å²) in [5.74, 6) is -0.122. The number of aromatic nitrogens is 2. The van der Waals surface area contributed by atoms with Crippen molar-refractivity contribution in [3.05, 3.63) is 84.2 Å². The molecule has 25 heavy (non-hydrogen) atoms. The van der Waals surface area contributed by atoms with Gasteiger partial charge in [-0.25, -0.2) is 0 Å². The molecule has 3 rings (SSSR count). The maximum Gasteiger partial charge on any atom is 0.244 e. The lowest BCUT2D eigenvalue weighted by molar-refractivity contribution is -0.117. The van der Waals surface area contributed by atoms with Gasteiger partial charge in [-0.3, -0.25) is 9.48 Å². The van der Waals surface area contributed by atoms with Gasteiger partial charge in [-0.1, -0.05) is 54.6 Å². The highest BCUT2D eigenvalue weighted by Crippen LogP contribution is 2.21. The Bertz CT molecular complexity index is 864. The van der Waals surface area contributed by atoms with Crippen molar-refractivity contribution >= 4 is 12.0 Å². The molecule has 3 aromatic rings. The van der Waals surface area contributed by atoms with Crippen LogP contribution < -0.4 is 5.32 Å². The highest BCUT2D eigenvalue weighted by molar-refractivity contribution is 5.91. The van der Waals surface area contributed by atoms with Gasteiger partial charge in [0.05, 0.1) is 12.2 Å². The SMILES string of the molecule is C[C@@H](NC(=O)/C=C\c1cnn(C)c1)c1ccc(-c2ccccc2)cc1. The van der Waals surface area contributed by atoms with Crippen molar-refractivity contribution in [1.82, 2.24) is 15.1 Å². The molecular weight excluding hydrogens is 310 g/mol. The van der Waals surface area contributed by atoms with Crippen LogP contribution >= 0.6 is 0 Å². The third-order valence-electron chi connectivity index (χ3n) is 4.03. The predicted molar refractivity (Wildman–Crippen MR) is 101 cm³/mol. The monoisotopic (exact) mass is 331 g/mol. The highest BCUT2D eigenvalue weighted by Gasteiger charge is 2.08. The van der Waals surface area contributed by atoms with Crippen molar-refractivity contribution < 1.29 is 4.79 Å². The van der Waals surface area contributed by atoms with Crippen LogP contribution in [0.1, 0.15) is 24.1 Å².